The van der Waals surface area contributed by atoms with Gasteiger partial charge in [0.15, 0.2) is 0 Å². The number of benzene rings is 1. The Labute approximate surface area is 82.7 Å². The van der Waals surface area contributed by atoms with E-state index in [0.29, 0.717) is 6.04 Å². The molecule has 1 rings (SSSR count). The molecule has 0 aliphatic heterocycles. The van der Waals surface area contributed by atoms with Gasteiger partial charge in [-0.2, -0.15) is 0 Å². The molecule has 1 nitrogen and oxygen atoms in total. The summed E-state index contributed by atoms with van der Waals surface area (Å²) in [5, 5.41) is 3.37. The van der Waals surface area contributed by atoms with E-state index >= 15 is 0 Å². The van der Waals surface area contributed by atoms with Crippen LogP contribution in [0.15, 0.2) is 24.3 Å². The van der Waals surface area contributed by atoms with Crippen molar-refractivity contribution in [2.45, 2.75) is 39.7 Å². The van der Waals surface area contributed by atoms with Crippen LogP contribution in [0.2, 0.25) is 0 Å². The topological polar surface area (TPSA) is 12.0 Å². The Morgan fingerprint density at radius 2 is 1.85 bits per heavy atom. The summed E-state index contributed by atoms with van der Waals surface area (Å²) >= 11 is 0. The molecule has 1 aromatic carbocycles. The minimum absolute atomic E-state index is 0. The van der Waals surface area contributed by atoms with Crippen LogP contribution in [0, 0.1) is 0 Å². The average molecular weight is 179 g/mol. The van der Waals surface area contributed by atoms with Crippen molar-refractivity contribution in [3.63, 3.8) is 0 Å². The largest absolute Gasteiger partial charge is 0.383 e. The molecule has 0 aliphatic rings. The molecule has 0 saturated heterocycles. The van der Waals surface area contributed by atoms with E-state index < -0.39 is 0 Å². The van der Waals surface area contributed by atoms with Gasteiger partial charge in [0, 0.05) is 13.2 Å². The average Bonchev–Trinajstić information content (AvgIpc) is 2.08. The minimum Gasteiger partial charge on any atom is -0.383 e. The number of nitrogens with one attached hydrogen (secondary N) is 1. The van der Waals surface area contributed by atoms with Crippen molar-refractivity contribution in [2.75, 3.05) is 5.32 Å². The van der Waals surface area contributed by atoms with Crippen molar-refractivity contribution in [2.24, 2.45) is 0 Å². The van der Waals surface area contributed by atoms with E-state index in [1.807, 2.05) is 0 Å². The first kappa shape index (κ1) is 10.1. The summed E-state index contributed by atoms with van der Waals surface area (Å²) in [6.45, 7) is 6.51. The predicted molar refractivity (Wildman–Crippen MR) is 61.3 cm³/mol. The zero-order valence-corrected chi connectivity index (χ0v) is 8.80. The lowest BCUT2D eigenvalue weighted by Gasteiger charge is -2.10. The maximum atomic E-state index is 3.37. The van der Waals surface area contributed by atoms with Crippen LogP contribution in [0.4, 0.5) is 5.69 Å². The number of rotatable bonds is 4. The molecule has 0 aromatic heterocycles. The molecule has 74 valence electrons. The molecule has 0 spiro atoms. The van der Waals surface area contributed by atoms with E-state index in [-0.39, 0.29) is 1.43 Å². The van der Waals surface area contributed by atoms with Crippen molar-refractivity contribution >= 4 is 5.69 Å². The first-order valence-electron chi connectivity index (χ1n) is 5.08. The van der Waals surface area contributed by atoms with Crippen LogP contribution in [0.3, 0.4) is 0 Å². The first-order valence-corrected chi connectivity index (χ1v) is 5.08. The second kappa shape index (κ2) is 4.90. The molecule has 0 unspecified atom stereocenters. The van der Waals surface area contributed by atoms with Crippen molar-refractivity contribution in [3.8, 4) is 0 Å². The third-order valence-electron chi connectivity index (χ3n) is 1.95. The Morgan fingerprint density at radius 1 is 1.23 bits per heavy atom. The van der Waals surface area contributed by atoms with Gasteiger partial charge in [0.05, 0.1) is 0 Å². The molecule has 0 bridgehead atoms. The fourth-order valence-electron chi connectivity index (χ4n) is 1.39. The van der Waals surface area contributed by atoms with E-state index in [1.165, 1.54) is 24.1 Å². The zero-order chi connectivity index (χ0) is 9.68. The summed E-state index contributed by atoms with van der Waals surface area (Å²) in [5.41, 5.74) is 2.65. The summed E-state index contributed by atoms with van der Waals surface area (Å²) < 4.78 is 0. The second-order valence-electron chi connectivity index (χ2n) is 3.75. The molecule has 0 saturated carbocycles. The molecule has 0 fully saturated rings. The highest BCUT2D eigenvalue weighted by atomic mass is 14.9. The second-order valence-corrected chi connectivity index (χ2v) is 3.75. The number of aryl methyl sites for hydroxylation is 1. The summed E-state index contributed by atoms with van der Waals surface area (Å²) in [7, 11) is 0. The normalized spacial score (nSPS) is 10.5. The van der Waals surface area contributed by atoms with Gasteiger partial charge in [-0.15, -0.1) is 0 Å². The van der Waals surface area contributed by atoms with E-state index in [0.717, 1.165) is 0 Å². The van der Waals surface area contributed by atoms with Crippen LogP contribution in [-0.2, 0) is 6.42 Å². The molecular weight excluding hydrogens is 158 g/mol. The van der Waals surface area contributed by atoms with E-state index in [9.17, 15) is 0 Å². The maximum Gasteiger partial charge on any atom is 0.0342 e. The first-order chi connectivity index (χ1) is 6.22. The molecule has 0 atom stereocenters. The van der Waals surface area contributed by atoms with Gasteiger partial charge in [0.25, 0.3) is 0 Å². The quantitative estimate of drug-likeness (QED) is 0.743. The standard InChI is InChI=1S/C12H19N.H2/c1-4-5-11-6-8-12(9-7-11)13-10(2)3;/h6-10,13H,4-5H2,1-3H3;1H. The fourth-order valence-corrected chi connectivity index (χ4v) is 1.39. The van der Waals surface area contributed by atoms with Crippen LogP contribution >= 0.6 is 0 Å². The van der Waals surface area contributed by atoms with Gasteiger partial charge in [-0.25, -0.2) is 0 Å². The van der Waals surface area contributed by atoms with Gasteiger partial charge in [-0.1, -0.05) is 25.5 Å². The Hall–Kier alpha value is -0.980. The lowest BCUT2D eigenvalue weighted by Crippen LogP contribution is -2.09. The maximum absolute atomic E-state index is 3.37. The molecule has 0 amide bonds. The van der Waals surface area contributed by atoms with Gasteiger partial charge in [0.1, 0.15) is 0 Å². The van der Waals surface area contributed by atoms with Gasteiger partial charge in [0.2, 0.25) is 0 Å². The van der Waals surface area contributed by atoms with E-state index in [2.05, 4.69) is 50.4 Å². The zero-order valence-electron chi connectivity index (χ0n) is 8.80. The van der Waals surface area contributed by atoms with E-state index in [4.69, 9.17) is 0 Å². The summed E-state index contributed by atoms with van der Waals surface area (Å²) in [4.78, 5) is 0. The summed E-state index contributed by atoms with van der Waals surface area (Å²) in [5.74, 6) is 0. The van der Waals surface area contributed by atoms with Gasteiger partial charge in [-0.05, 0) is 38.0 Å². The third-order valence-corrected chi connectivity index (χ3v) is 1.95. The number of anilines is 1. The molecular formula is C12H21N. The van der Waals surface area contributed by atoms with Crippen molar-refractivity contribution in [3.05, 3.63) is 29.8 Å². The molecule has 1 heteroatoms. The minimum atomic E-state index is 0. The smallest absolute Gasteiger partial charge is 0.0342 e. The molecule has 1 N–H and O–H groups in total. The van der Waals surface area contributed by atoms with Crippen molar-refractivity contribution in [1.82, 2.24) is 0 Å². The molecule has 0 radical (unpaired) electrons. The predicted octanol–water partition coefficient (Wildman–Crippen LogP) is 3.71. The highest BCUT2D eigenvalue weighted by Crippen LogP contribution is 2.11. The summed E-state index contributed by atoms with van der Waals surface area (Å²) in [6, 6.07) is 9.23. The lowest BCUT2D eigenvalue weighted by molar-refractivity contribution is 0.896. The van der Waals surface area contributed by atoms with Crippen LogP contribution in [0.5, 0.6) is 0 Å². The number of hydrogen-bond acceptors (Lipinski definition) is 1. The Balaban J connectivity index is 0.00000169. The Bertz CT molecular complexity index is 241. The van der Waals surface area contributed by atoms with Crippen LogP contribution in [0.1, 0.15) is 34.2 Å². The van der Waals surface area contributed by atoms with Gasteiger partial charge >= 0.3 is 0 Å². The van der Waals surface area contributed by atoms with Gasteiger partial charge < -0.3 is 5.32 Å². The monoisotopic (exact) mass is 179 g/mol. The number of hydrogen-bond donors (Lipinski definition) is 1. The van der Waals surface area contributed by atoms with Crippen LogP contribution in [0.25, 0.3) is 0 Å². The Morgan fingerprint density at radius 3 is 2.31 bits per heavy atom. The van der Waals surface area contributed by atoms with Crippen LogP contribution in [-0.4, -0.2) is 6.04 Å². The fraction of sp³-hybridized carbons (Fsp3) is 0.500. The third kappa shape index (κ3) is 3.49. The SMILES string of the molecule is CCCc1ccc(NC(C)C)cc1.[HH]. The van der Waals surface area contributed by atoms with Gasteiger partial charge in [-0.3, -0.25) is 0 Å². The Kier molecular flexibility index (Phi) is 3.81. The highest BCUT2D eigenvalue weighted by molar-refractivity contribution is 5.45. The molecule has 0 heterocycles. The molecule has 0 aliphatic carbocycles. The molecule has 13 heavy (non-hydrogen) atoms. The molecule has 1 aromatic rings. The lowest BCUT2D eigenvalue weighted by atomic mass is 10.1. The van der Waals surface area contributed by atoms with Crippen LogP contribution < -0.4 is 5.32 Å². The van der Waals surface area contributed by atoms with E-state index in [1.54, 1.807) is 0 Å². The highest BCUT2D eigenvalue weighted by Gasteiger charge is 1.95. The van der Waals surface area contributed by atoms with Crippen molar-refractivity contribution < 1.29 is 1.43 Å². The summed E-state index contributed by atoms with van der Waals surface area (Å²) in [6.07, 6.45) is 2.40. The van der Waals surface area contributed by atoms with Crippen molar-refractivity contribution in [1.29, 1.82) is 0 Å².